The van der Waals surface area contributed by atoms with Crippen molar-refractivity contribution in [3.8, 4) is 28.0 Å². The van der Waals surface area contributed by atoms with Gasteiger partial charge in [0.05, 0.1) is 26.9 Å². The summed E-state index contributed by atoms with van der Waals surface area (Å²) in [5.74, 6) is 0.790. The third-order valence-corrected chi connectivity index (χ3v) is 4.10. The molecule has 128 valence electrons. The lowest BCUT2D eigenvalue weighted by atomic mass is 9.94. The van der Waals surface area contributed by atoms with Gasteiger partial charge < -0.3 is 14.6 Å². The maximum absolute atomic E-state index is 8.99. The van der Waals surface area contributed by atoms with E-state index in [1.165, 1.54) is 0 Å². The zero-order chi connectivity index (χ0) is 17.5. The van der Waals surface area contributed by atoms with Gasteiger partial charge in [-0.05, 0) is 34.4 Å². The van der Waals surface area contributed by atoms with Crippen LogP contribution >= 0.6 is 0 Å². The smallest absolute Gasteiger partial charge is 0.125 e. The van der Waals surface area contributed by atoms with Gasteiger partial charge >= 0.3 is 0 Å². The molecule has 0 radical (unpaired) electrons. The van der Waals surface area contributed by atoms with Crippen molar-refractivity contribution in [1.82, 2.24) is 0 Å². The van der Waals surface area contributed by atoms with Crippen molar-refractivity contribution in [2.24, 2.45) is 0 Å². The molecule has 0 aliphatic carbocycles. The lowest BCUT2D eigenvalue weighted by Crippen LogP contribution is -2.03. The van der Waals surface area contributed by atoms with Crippen LogP contribution < -0.4 is 4.74 Å². The highest BCUT2D eigenvalue weighted by molar-refractivity contribution is 5.78. The Morgan fingerprint density at radius 2 is 1.44 bits per heavy atom. The van der Waals surface area contributed by atoms with E-state index in [-0.39, 0.29) is 6.61 Å². The third kappa shape index (κ3) is 4.08. The molecule has 1 N–H and O–H groups in total. The number of aliphatic hydroxyl groups is 1. The van der Waals surface area contributed by atoms with Crippen LogP contribution in [0.5, 0.6) is 5.75 Å². The summed E-state index contributed by atoms with van der Waals surface area (Å²) in [5, 5.41) is 8.99. The highest BCUT2D eigenvalue weighted by Gasteiger charge is 2.14. The number of ether oxygens (including phenoxy) is 2. The number of benzene rings is 3. The first kappa shape index (κ1) is 17.2. The molecule has 0 bridgehead atoms. The van der Waals surface area contributed by atoms with Crippen LogP contribution in [0.3, 0.4) is 0 Å². The molecule has 3 aromatic rings. The molecule has 0 saturated carbocycles. The molecular weight excluding hydrogens is 312 g/mol. The summed E-state index contributed by atoms with van der Waals surface area (Å²) in [4.78, 5) is 0. The molecule has 0 unspecified atom stereocenters. The fourth-order valence-electron chi connectivity index (χ4n) is 2.89. The van der Waals surface area contributed by atoms with Crippen molar-refractivity contribution >= 4 is 0 Å². The zero-order valence-corrected chi connectivity index (χ0v) is 14.3. The van der Waals surface area contributed by atoms with Gasteiger partial charge in [0.15, 0.2) is 0 Å². The Morgan fingerprint density at radius 3 is 2.04 bits per heavy atom. The van der Waals surface area contributed by atoms with Gasteiger partial charge in [0.1, 0.15) is 5.75 Å². The quantitative estimate of drug-likeness (QED) is 0.645. The maximum atomic E-state index is 8.99. The molecular formula is C22H22O3. The van der Waals surface area contributed by atoms with Gasteiger partial charge in [-0.3, -0.25) is 0 Å². The number of aliphatic hydroxyl groups excluding tert-OH is 1. The Morgan fingerprint density at radius 1 is 0.800 bits per heavy atom. The van der Waals surface area contributed by atoms with E-state index in [1.807, 2.05) is 42.5 Å². The maximum Gasteiger partial charge on any atom is 0.125 e. The van der Waals surface area contributed by atoms with Crippen molar-refractivity contribution in [2.75, 3.05) is 20.3 Å². The first-order valence-electron chi connectivity index (χ1n) is 8.34. The summed E-state index contributed by atoms with van der Waals surface area (Å²) < 4.78 is 11.2. The molecule has 3 rings (SSSR count). The lowest BCUT2D eigenvalue weighted by Gasteiger charge is -2.17. The SMILES string of the molecule is COc1cc(-c2ccccc2)cc(-c2ccccc2)c1COCCO. The highest BCUT2D eigenvalue weighted by atomic mass is 16.5. The van der Waals surface area contributed by atoms with Gasteiger partial charge in [-0.2, -0.15) is 0 Å². The summed E-state index contributed by atoms with van der Waals surface area (Å²) in [6.45, 7) is 0.700. The number of hydrogen-bond acceptors (Lipinski definition) is 3. The molecule has 0 fully saturated rings. The standard InChI is InChI=1S/C22H22O3/c1-24-22-15-19(17-8-4-2-5-9-17)14-20(18-10-6-3-7-11-18)21(22)16-25-13-12-23/h2-11,14-15,23H,12-13,16H2,1H3. The predicted molar refractivity (Wildman–Crippen MR) is 101 cm³/mol. The van der Waals surface area contributed by atoms with Crippen molar-refractivity contribution in [1.29, 1.82) is 0 Å². The van der Waals surface area contributed by atoms with Crippen molar-refractivity contribution in [3.05, 3.63) is 78.4 Å². The van der Waals surface area contributed by atoms with E-state index in [9.17, 15) is 0 Å². The number of rotatable bonds is 7. The van der Waals surface area contributed by atoms with Crippen LogP contribution in [-0.4, -0.2) is 25.4 Å². The molecule has 0 aliphatic heterocycles. The van der Waals surface area contributed by atoms with Crippen LogP contribution in [0.1, 0.15) is 5.56 Å². The minimum Gasteiger partial charge on any atom is -0.496 e. The predicted octanol–water partition coefficient (Wildman–Crippen LogP) is 4.54. The van der Waals surface area contributed by atoms with Crippen LogP contribution in [0.2, 0.25) is 0 Å². The molecule has 0 atom stereocenters. The summed E-state index contributed by atoms with van der Waals surface area (Å²) in [7, 11) is 1.68. The molecule has 0 heterocycles. The second kappa shape index (κ2) is 8.47. The van der Waals surface area contributed by atoms with E-state index in [2.05, 4.69) is 30.3 Å². The normalized spacial score (nSPS) is 10.6. The molecule has 3 heteroatoms. The molecule has 0 saturated heterocycles. The number of methoxy groups -OCH3 is 1. The Balaban J connectivity index is 2.13. The largest absolute Gasteiger partial charge is 0.496 e. The van der Waals surface area contributed by atoms with Gasteiger partial charge in [-0.15, -0.1) is 0 Å². The minimum absolute atomic E-state index is 0.00504. The van der Waals surface area contributed by atoms with Gasteiger partial charge in [0.25, 0.3) is 0 Å². The lowest BCUT2D eigenvalue weighted by molar-refractivity contribution is 0.0806. The fourth-order valence-corrected chi connectivity index (χ4v) is 2.89. The second-order valence-electron chi connectivity index (χ2n) is 5.71. The van der Waals surface area contributed by atoms with Crippen molar-refractivity contribution < 1.29 is 14.6 Å². The topological polar surface area (TPSA) is 38.7 Å². The number of hydrogen-bond donors (Lipinski definition) is 1. The van der Waals surface area contributed by atoms with Gasteiger partial charge in [-0.1, -0.05) is 60.7 Å². The van der Waals surface area contributed by atoms with Gasteiger partial charge in [-0.25, -0.2) is 0 Å². The Bertz CT molecular complexity index is 798. The zero-order valence-electron chi connectivity index (χ0n) is 14.3. The Kier molecular flexibility index (Phi) is 5.83. The van der Waals surface area contributed by atoms with E-state index in [4.69, 9.17) is 14.6 Å². The molecule has 3 aromatic carbocycles. The average Bonchev–Trinajstić information content (AvgIpc) is 2.69. The van der Waals surface area contributed by atoms with Crippen molar-refractivity contribution in [2.45, 2.75) is 6.61 Å². The summed E-state index contributed by atoms with van der Waals surface area (Å²) in [6.07, 6.45) is 0. The Hall–Kier alpha value is -2.62. The van der Waals surface area contributed by atoms with E-state index in [0.29, 0.717) is 13.2 Å². The van der Waals surface area contributed by atoms with E-state index >= 15 is 0 Å². The highest BCUT2D eigenvalue weighted by Crippen LogP contribution is 2.36. The molecule has 0 spiro atoms. The van der Waals surface area contributed by atoms with Gasteiger partial charge in [0, 0.05) is 5.56 Å². The second-order valence-corrected chi connectivity index (χ2v) is 5.71. The average molecular weight is 334 g/mol. The van der Waals surface area contributed by atoms with Crippen LogP contribution in [0, 0.1) is 0 Å². The van der Waals surface area contributed by atoms with Gasteiger partial charge in [0.2, 0.25) is 0 Å². The molecule has 0 amide bonds. The molecule has 0 aromatic heterocycles. The van der Waals surface area contributed by atoms with Crippen molar-refractivity contribution in [3.63, 3.8) is 0 Å². The molecule has 3 nitrogen and oxygen atoms in total. The van der Waals surface area contributed by atoms with Crippen LogP contribution in [0.4, 0.5) is 0 Å². The summed E-state index contributed by atoms with van der Waals surface area (Å²) in [5.41, 5.74) is 5.42. The van der Waals surface area contributed by atoms with E-state index < -0.39 is 0 Å². The first-order chi connectivity index (χ1) is 12.3. The van der Waals surface area contributed by atoms with E-state index in [1.54, 1.807) is 7.11 Å². The third-order valence-electron chi connectivity index (χ3n) is 4.10. The van der Waals surface area contributed by atoms with Crippen LogP contribution in [0.15, 0.2) is 72.8 Å². The summed E-state index contributed by atoms with van der Waals surface area (Å²) in [6, 6.07) is 24.7. The molecule has 25 heavy (non-hydrogen) atoms. The monoisotopic (exact) mass is 334 g/mol. The Labute approximate surface area is 148 Å². The van der Waals surface area contributed by atoms with E-state index in [0.717, 1.165) is 33.6 Å². The van der Waals surface area contributed by atoms with Crippen LogP contribution in [0.25, 0.3) is 22.3 Å². The molecule has 0 aliphatic rings. The minimum atomic E-state index is 0.00504. The summed E-state index contributed by atoms with van der Waals surface area (Å²) >= 11 is 0. The fraction of sp³-hybridized carbons (Fsp3) is 0.182. The first-order valence-corrected chi connectivity index (χ1v) is 8.34. The van der Waals surface area contributed by atoms with Crippen LogP contribution in [-0.2, 0) is 11.3 Å².